The highest BCUT2D eigenvalue weighted by molar-refractivity contribution is 6.31. The Balaban J connectivity index is 1.40. The molecule has 0 saturated heterocycles. The lowest BCUT2D eigenvalue weighted by Gasteiger charge is -2.18. The van der Waals surface area contributed by atoms with E-state index in [4.69, 9.17) is 11.6 Å². The number of carbonyl (C=O) groups is 1. The molecule has 4 aromatic heterocycles. The van der Waals surface area contributed by atoms with E-state index in [2.05, 4.69) is 30.9 Å². The zero-order valence-electron chi connectivity index (χ0n) is 22.8. The highest BCUT2D eigenvalue weighted by atomic mass is 35.5. The van der Waals surface area contributed by atoms with Gasteiger partial charge >= 0.3 is 6.18 Å². The van der Waals surface area contributed by atoms with Crippen molar-refractivity contribution in [1.29, 1.82) is 0 Å². The Morgan fingerprint density at radius 2 is 2.00 bits per heavy atom. The van der Waals surface area contributed by atoms with E-state index in [0.717, 1.165) is 25.1 Å². The standard InChI is InChI=1S/C28H22ClF4N9O2/c1-15(43)37-21-11-34-25(28(31,32)33)9-19(21)18-10-36-40(12-18)24(8-16-2-3-16)22-6-4-17(13-42(22)44)26-23(41-14-35-38-39-41)7-5-20(29)27(26)30/h4-7,9-14,16,24H,2-3,8H2,1H3,(H,37,43)/t24-/m1/s1. The van der Waals surface area contributed by atoms with E-state index in [9.17, 15) is 23.2 Å². The zero-order valence-corrected chi connectivity index (χ0v) is 23.6. The second-order valence-electron chi connectivity index (χ2n) is 10.4. The van der Waals surface area contributed by atoms with E-state index >= 15 is 4.39 Å². The molecule has 1 aromatic carbocycles. The van der Waals surface area contributed by atoms with Gasteiger partial charge < -0.3 is 10.5 Å². The van der Waals surface area contributed by atoms with Crippen molar-refractivity contribution >= 4 is 23.2 Å². The molecule has 0 radical (unpaired) electrons. The molecule has 0 spiro atoms. The molecule has 1 aliphatic rings. The van der Waals surface area contributed by atoms with Gasteiger partial charge in [0.1, 0.15) is 18.1 Å². The van der Waals surface area contributed by atoms with Crippen LogP contribution in [0.4, 0.5) is 23.2 Å². The molecule has 11 nitrogen and oxygen atoms in total. The lowest BCUT2D eigenvalue weighted by atomic mass is 10.0. The van der Waals surface area contributed by atoms with Crippen LogP contribution in [-0.4, -0.2) is 40.9 Å². The molecule has 1 saturated carbocycles. The fourth-order valence-electron chi connectivity index (χ4n) is 5.00. The Labute approximate surface area is 251 Å². The van der Waals surface area contributed by atoms with Crippen LogP contribution in [0.1, 0.15) is 43.6 Å². The molecule has 44 heavy (non-hydrogen) atoms. The average Bonchev–Trinajstić information content (AvgIpc) is 3.40. The van der Waals surface area contributed by atoms with E-state index in [1.54, 1.807) is 12.1 Å². The summed E-state index contributed by atoms with van der Waals surface area (Å²) < 4.78 is 59.1. The first-order valence-electron chi connectivity index (χ1n) is 13.3. The number of tetrazole rings is 1. The fourth-order valence-corrected chi connectivity index (χ4v) is 5.15. The van der Waals surface area contributed by atoms with Crippen LogP contribution in [0.15, 0.2) is 61.4 Å². The van der Waals surface area contributed by atoms with Crippen molar-refractivity contribution in [1.82, 2.24) is 35.0 Å². The molecule has 1 fully saturated rings. The molecule has 5 aromatic rings. The number of rotatable bonds is 8. The summed E-state index contributed by atoms with van der Waals surface area (Å²) in [6.07, 6.45) is 4.07. The summed E-state index contributed by atoms with van der Waals surface area (Å²) >= 11 is 6.07. The van der Waals surface area contributed by atoms with Gasteiger partial charge in [-0.3, -0.25) is 9.48 Å². The largest absolute Gasteiger partial charge is 0.618 e. The number of nitrogens with zero attached hydrogens (tertiary/aromatic N) is 8. The maximum Gasteiger partial charge on any atom is 0.433 e. The molecule has 0 aliphatic heterocycles. The molecule has 1 amide bonds. The van der Waals surface area contributed by atoms with Gasteiger partial charge in [0.25, 0.3) is 0 Å². The van der Waals surface area contributed by atoms with Crippen molar-refractivity contribution in [2.24, 2.45) is 5.92 Å². The highest BCUT2D eigenvalue weighted by Gasteiger charge is 2.35. The Hall–Kier alpha value is -4.92. The smallest absolute Gasteiger partial charge is 0.433 e. The predicted molar refractivity (Wildman–Crippen MR) is 149 cm³/mol. The van der Waals surface area contributed by atoms with Gasteiger partial charge in [-0.05, 0) is 47.0 Å². The number of hydrogen-bond donors (Lipinski definition) is 1. The number of pyridine rings is 2. The van der Waals surface area contributed by atoms with Crippen LogP contribution in [0.2, 0.25) is 5.02 Å². The van der Waals surface area contributed by atoms with E-state index in [0.29, 0.717) is 17.1 Å². The Kier molecular flexibility index (Phi) is 7.49. The molecule has 1 N–H and O–H groups in total. The molecule has 16 heteroatoms. The predicted octanol–water partition coefficient (Wildman–Crippen LogP) is 5.38. The molecule has 0 unspecified atom stereocenters. The van der Waals surface area contributed by atoms with E-state index in [1.165, 1.54) is 53.3 Å². The van der Waals surface area contributed by atoms with Gasteiger partial charge in [-0.25, -0.2) is 9.37 Å². The second kappa shape index (κ2) is 11.3. The lowest BCUT2D eigenvalue weighted by Crippen LogP contribution is -2.35. The van der Waals surface area contributed by atoms with E-state index in [1.807, 2.05) is 0 Å². The summed E-state index contributed by atoms with van der Waals surface area (Å²) in [5.41, 5.74) is 0.0808. The Bertz CT molecular complexity index is 1860. The van der Waals surface area contributed by atoms with E-state index < -0.39 is 29.6 Å². The minimum Gasteiger partial charge on any atom is -0.618 e. The van der Waals surface area contributed by atoms with Crippen LogP contribution in [0.5, 0.6) is 0 Å². The van der Waals surface area contributed by atoms with Crippen molar-refractivity contribution < 1.29 is 27.1 Å². The van der Waals surface area contributed by atoms with Gasteiger partial charge in [-0.15, -0.1) is 5.10 Å². The van der Waals surface area contributed by atoms with Gasteiger partial charge in [-0.1, -0.05) is 24.4 Å². The number of aromatic nitrogens is 8. The minimum atomic E-state index is -4.71. The first-order valence-corrected chi connectivity index (χ1v) is 13.7. The Morgan fingerprint density at radius 3 is 2.66 bits per heavy atom. The number of carbonyl (C=O) groups excluding carboxylic acids is 1. The summed E-state index contributed by atoms with van der Waals surface area (Å²) in [4.78, 5) is 15.2. The summed E-state index contributed by atoms with van der Waals surface area (Å²) in [5.74, 6) is -0.931. The topological polar surface area (TPSA) is 130 Å². The van der Waals surface area contributed by atoms with Gasteiger partial charge in [0, 0.05) is 30.3 Å². The van der Waals surface area contributed by atoms with Crippen molar-refractivity contribution in [2.75, 3.05) is 5.32 Å². The van der Waals surface area contributed by atoms with Crippen LogP contribution in [-0.2, 0) is 11.0 Å². The molecule has 6 rings (SSSR count). The quantitative estimate of drug-likeness (QED) is 0.139. The van der Waals surface area contributed by atoms with Crippen LogP contribution >= 0.6 is 11.6 Å². The lowest BCUT2D eigenvalue weighted by molar-refractivity contribution is -0.615. The van der Waals surface area contributed by atoms with Gasteiger partial charge in [0.05, 0.1) is 39.9 Å². The first-order chi connectivity index (χ1) is 21.0. The van der Waals surface area contributed by atoms with Crippen LogP contribution in [0.25, 0.3) is 27.9 Å². The number of hydrogen-bond acceptors (Lipinski definition) is 7. The summed E-state index contributed by atoms with van der Waals surface area (Å²) in [6, 6.07) is 6.25. The third kappa shape index (κ3) is 5.82. The first kappa shape index (κ1) is 29.2. The minimum absolute atomic E-state index is 0.0183. The zero-order chi connectivity index (χ0) is 31.2. The number of nitrogens with one attached hydrogen (secondary N) is 1. The summed E-state index contributed by atoms with van der Waals surface area (Å²) in [5, 5.41) is 31.3. The third-order valence-corrected chi connectivity index (χ3v) is 7.53. The number of benzene rings is 1. The highest BCUT2D eigenvalue weighted by Crippen LogP contribution is 2.40. The molecule has 4 heterocycles. The second-order valence-corrected chi connectivity index (χ2v) is 10.8. The monoisotopic (exact) mass is 627 g/mol. The van der Waals surface area contributed by atoms with Crippen molar-refractivity contribution in [3.05, 3.63) is 88.9 Å². The number of amides is 1. The SMILES string of the molecule is CC(=O)Nc1cnc(C(F)(F)F)cc1-c1cnn([C@H](CC2CC2)c2ccc(-c3c(-n4cnnn4)ccc(Cl)c3F)c[n+]2[O-])c1. The maximum atomic E-state index is 15.3. The van der Waals surface area contributed by atoms with E-state index in [-0.39, 0.29) is 44.3 Å². The Morgan fingerprint density at radius 1 is 1.20 bits per heavy atom. The van der Waals surface area contributed by atoms with Gasteiger partial charge in [-0.2, -0.15) is 27.7 Å². The van der Waals surface area contributed by atoms with Crippen molar-refractivity contribution in [2.45, 2.75) is 38.4 Å². The number of halogens is 5. The number of anilines is 1. The molecule has 1 aliphatic carbocycles. The van der Waals surface area contributed by atoms with Crippen molar-refractivity contribution in [3.8, 4) is 27.9 Å². The number of alkyl halides is 3. The van der Waals surface area contributed by atoms with Crippen LogP contribution < -0.4 is 10.0 Å². The molecule has 0 bridgehead atoms. The molecular weight excluding hydrogens is 606 g/mol. The summed E-state index contributed by atoms with van der Waals surface area (Å²) in [6.45, 7) is 1.23. The van der Waals surface area contributed by atoms with Crippen LogP contribution in [0, 0.1) is 16.9 Å². The average molecular weight is 628 g/mol. The van der Waals surface area contributed by atoms with Gasteiger partial charge in [0.2, 0.25) is 11.6 Å². The van der Waals surface area contributed by atoms with Crippen LogP contribution in [0.3, 0.4) is 0 Å². The molecular formula is C28H22ClF4N9O2. The molecule has 1 atom stereocenters. The third-order valence-electron chi connectivity index (χ3n) is 7.23. The fraction of sp³-hybridized carbons (Fsp3) is 0.250. The van der Waals surface area contributed by atoms with Crippen molar-refractivity contribution in [3.63, 3.8) is 0 Å². The normalized spacial score (nSPS) is 14.0. The van der Waals surface area contributed by atoms with Gasteiger partial charge in [0.15, 0.2) is 12.0 Å². The maximum absolute atomic E-state index is 15.3. The molecule has 226 valence electrons. The summed E-state index contributed by atoms with van der Waals surface area (Å²) in [7, 11) is 0.